The molecule has 0 aromatic rings. The van der Waals surface area contributed by atoms with Crippen molar-refractivity contribution in [2.75, 3.05) is 19.8 Å². The van der Waals surface area contributed by atoms with Gasteiger partial charge in [0.2, 0.25) is 0 Å². The van der Waals surface area contributed by atoms with Crippen LogP contribution in [-0.2, 0) is 32.5 Å². The molecule has 0 rings (SSSR count). The van der Waals surface area contributed by atoms with Crippen molar-refractivity contribution >= 4 is 25.2 Å². The highest BCUT2D eigenvalue weighted by Gasteiger charge is 2.26. The molecular formula is C42H81O7P. The Morgan fingerprint density at radius 3 is 0.760 bits per heavy atom. The summed E-state index contributed by atoms with van der Waals surface area (Å²) < 4.78 is 30.3. The molecule has 0 heterocycles. The van der Waals surface area contributed by atoms with Crippen LogP contribution < -0.4 is 0 Å². The molecular weight excluding hydrogens is 647 g/mol. The third-order valence-corrected chi connectivity index (χ3v) is 11.0. The van der Waals surface area contributed by atoms with Crippen molar-refractivity contribution in [3.63, 3.8) is 0 Å². The van der Waals surface area contributed by atoms with Crippen LogP contribution in [0.25, 0.3) is 0 Å². The van der Waals surface area contributed by atoms with E-state index in [1.807, 2.05) is 0 Å². The van der Waals surface area contributed by atoms with E-state index in [9.17, 15) is 18.9 Å². The number of carbonyl (C=O) groups is 3. The van der Waals surface area contributed by atoms with Crippen molar-refractivity contribution in [2.24, 2.45) is 0 Å². The standard InChI is InChI=1S/C42H81O7P/c1-4-7-10-13-16-19-22-25-31-40(43)34-28-37-47-50(46,48-38-29-35-41(44)32-26-23-20-17-14-11-8-5-2)49-39-30-36-42(45)33-27-24-21-18-15-12-9-6-3/h4-39H2,1-3H3. The number of hydrogen-bond acceptors (Lipinski definition) is 7. The van der Waals surface area contributed by atoms with E-state index in [2.05, 4.69) is 20.8 Å². The summed E-state index contributed by atoms with van der Waals surface area (Å²) in [6.45, 7) is 6.99. The largest absolute Gasteiger partial charge is 0.474 e. The number of phosphoric ester groups is 1. The molecule has 0 atom stereocenters. The van der Waals surface area contributed by atoms with Crippen LogP contribution in [0.4, 0.5) is 0 Å². The minimum absolute atomic E-state index is 0.106. The first-order valence-corrected chi connectivity index (χ1v) is 22.9. The van der Waals surface area contributed by atoms with Gasteiger partial charge in [0.25, 0.3) is 0 Å². The molecule has 0 spiro atoms. The summed E-state index contributed by atoms with van der Waals surface area (Å²) >= 11 is 0. The molecule has 0 aromatic heterocycles. The van der Waals surface area contributed by atoms with Crippen molar-refractivity contribution in [1.29, 1.82) is 0 Å². The van der Waals surface area contributed by atoms with Gasteiger partial charge in [0.05, 0.1) is 19.8 Å². The fourth-order valence-corrected chi connectivity index (χ4v) is 7.47. The molecule has 0 saturated heterocycles. The lowest BCUT2D eigenvalue weighted by molar-refractivity contribution is -0.120. The molecule has 0 aromatic carbocycles. The molecule has 0 amide bonds. The zero-order valence-corrected chi connectivity index (χ0v) is 34.2. The van der Waals surface area contributed by atoms with E-state index in [0.717, 1.165) is 38.5 Å². The van der Waals surface area contributed by atoms with Gasteiger partial charge in [-0.15, -0.1) is 0 Å². The monoisotopic (exact) mass is 729 g/mol. The molecule has 0 bridgehead atoms. The van der Waals surface area contributed by atoms with Crippen LogP contribution in [0.15, 0.2) is 0 Å². The number of phosphoric acid groups is 1. The second kappa shape index (κ2) is 37.9. The van der Waals surface area contributed by atoms with Crippen LogP contribution in [0.1, 0.15) is 233 Å². The van der Waals surface area contributed by atoms with Crippen LogP contribution in [0.3, 0.4) is 0 Å². The Morgan fingerprint density at radius 1 is 0.320 bits per heavy atom. The summed E-state index contributed by atoms with van der Waals surface area (Å²) in [6, 6.07) is 0. The molecule has 7 nitrogen and oxygen atoms in total. The lowest BCUT2D eigenvalue weighted by Crippen LogP contribution is -2.08. The van der Waals surface area contributed by atoms with Gasteiger partial charge in [-0.3, -0.25) is 28.0 Å². The average Bonchev–Trinajstić information content (AvgIpc) is 3.10. The molecule has 8 heteroatoms. The van der Waals surface area contributed by atoms with Gasteiger partial charge in [0.1, 0.15) is 17.3 Å². The lowest BCUT2D eigenvalue weighted by atomic mass is 10.0. The third kappa shape index (κ3) is 35.5. The zero-order valence-electron chi connectivity index (χ0n) is 33.3. The first-order chi connectivity index (χ1) is 24.4. The summed E-state index contributed by atoms with van der Waals surface area (Å²) in [5.74, 6) is 0.629. The van der Waals surface area contributed by atoms with Crippen molar-refractivity contribution < 1.29 is 32.5 Å². The van der Waals surface area contributed by atoms with E-state index >= 15 is 0 Å². The Labute approximate surface area is 309 Å². The van der Waals surface area contributed by atoms with Gasteiger partial charge in [-0.25, -0.2) is 4.57 Å². The molecule has 50 heavy (non-hydrogen) atoms. The van der Waals surface area contributed by atoms with E-state index in [4.69, 9.17) is 13.6 Å². The van der Waals surface area contributed by atoms with Gasteiger partial charge < -0.3 is 0 Å². The summed E-state index contributed by atoms with van der Waals surface area (Å²) in [7, 11) is -3.86. The number of carbonyl (C=O) groups excluding carboxylic acids is 3. The lowest BCUT2D eigenvalue weighted by Gasteiger charge is -2.18. The maximum absolute atomic E-state index is 13.4. The first-order valence-electron chi connectivity index (χ1n) is 21.5. The summed E-state index contributed by atoms with van der Waals surface area (Å²) in [6.07, 6.45) is 33.1. The predicted molar refractivity (Wildman–Crippen MR) is 210 cm³/mol. The molecule has 0 N–H and O–H groups in total. The Hall–Kier alpha value is -0.880. The number of unbranched alkanes of at least 4 members (excludes halogenated alkanes) is 21. The van der Waals surface area contributed by atoms with Gasteiger partial charge in [0, 0.05) is 38.5 Å². The van der Waals surface area contributed by atoms with Crippen molar-refractivity contribution in [3.8, 4) is 0 Å². The minimum atomic E-state index is -3.86. The Bertz CT molecular complexity index is 726. The first kappa shape index (κ1) is 49.1. The average molecular weight is 729 g/mol. The molecule has 0 aliphatic carbocycles. The number of rotatable bonds is 42. The fraction of sp³-hybridized carbons (Fsp3) is 0.929. The van der Waals surface area contributed by atoms with Gasteiger partial charge in [0.15, 0.2) is 0 Å². The summed E-state index contributed by atoms with van der Waals surface area (Å²) in [5, 5.41) is 0. The molecule has 0 aliphatic heterocycles. The van der Waals surface area contributed by atoms with Gasteiger partial charge in [-0.2, -0.15) is 0 Å². The Morgan fingerprint density at radius 2 is 0.520 bits per heavy atom. The van der Waals surface area contributed by atoms with E-state index in [0.29, 0.717) is 57.8 Å². The van der Waals surface area contributed by atoms with E-state index in [1.54, 1.807) is 0 Å². The zero-order chi connectivity index (χ0) is 36.8. The summed E-state index contributed by atoms with van der Waals surface area (Å²) in [4.78, 5) is 37.1. The quantitative estimate of drug-likeness (QED) is 0.0456. The maximum Gasteiger partial charge on any atom is 0.474 e. The molecule has 0 saturated carbocycles. The highest BCUT2D eigenvalue weighted by molar-refractivity contribution is 7.48. The van der Waals surface area contributed by atoms with E-state index in [-0.39, 0.29) is 37.2 Å². The number of Topliss-reactive ketones (excluding diaryl/α,β-unsaturated/α-hetero) is 3. The van der Waals surface area contributed by atoms with Crippen LogP contribution in [-0.4, -0.2) is 37.2 Å². The van der Waals surface area contributed by atoms with Crippen molar-refractivity contribution in [1.82, 2.24) is 0 Å². The smallest absolute Gasteiger partial charge is 0.300 e. The normalized spacial score (nSPS) is 11.7. The van der Waals surface area contributed by atoms with Crippen LogP contribution >= 0.6 is 7.82 Å². The van der Waals surface area contributed by atoms with Gasteiger partial charge >= 0.3 is 7.82 Å². The van der Waals surface area contributed by atoms with E-state index < -0.39 is 7.82 Å². The third-order valence-electron chi connectivity index (χ3n) is 9.48. The Kier molecular flexibility index (Phi) is 37.2. The maximum atomic E-state index is 13.4. The molecule has 0 aliphatic rings. The van der Waals surface area contributed by atoms with E-state index in [1.165, 1.54) is 116 Å². The highest BCUT2D eigenvalue weighted by Crippen LogP contribution is 2.50. The second-order valence-corrected chi connectivity index (χ2v) is 16.2. The molecule has 296 valence electrons. The fourth-order valence-electron chi connectivity index (χ4n) is 6.19. The highest BCUT2D eigenvalue weighted by atomic mass is 31.2. The minimum Gasteiger partial charge on any atom is -0.300 e. The van der Waals surface area contributed by atoms with Gasteiger partial charge in [-0.05, 0) is 38.5 Å². The SMILES string of the molecule is CCCCCCCCCCC(=O)CCCOP(=O)(OCCCC(=O)CCCCCCCCCC)OCCCC(=O)CCCCCCCCCC. The van der Waals surface area contributed by atoms with Crippen LogP contribution in [0.2, 0.25) is 0 Å². The summed E-state index contributed by atoms with van der Waals surface area (Å²) in [5.41, 5.74) is 0. The van der Waals surface area contributed by atoms with Gasteiger partial charge in [-0.1, -0.05) is 156 Å². The number of hydrogen-bond donors (Lipinski definition) is 0. The second-order valence-electron chi connectivity index (χ2n) is 14.5. The molecule has 0 radical (unpaired) electrons. The molecule has 0 fully saturated rings. The van der Waals surface area contributed by atoms with Crippen molar-refractivity contribution in [2.45, 2.75) is 233 Å². The van der Waals surface area contributed by atoms with Crippen molar-refractivity contribution in [3.05, 3.63) is 0 Å². The topological polar surface area (TPSA) is 96.0 Å². The Balaban J connectivity index is 4.42. The predicted octanol–water partition coefficient (Wildman–Crippen LogP) is 13.8. The van der Waals surface area contributed by atoms with Crippen LogP contribution in [0, 0.1) is 0 Å². The number of ketones is 3. The van der Waals surface area contributed by atoms with Crippen LogP contribution in [0.5, 0.6) is 0 Å². The molecule has 0 unspecified atom stereocenters.